The van der Waals surface area contributed by atoms with E-state index in [0.717, 1.165) is 15.6 Å². The lowest BCUT2D eigenvalue weighted by atomic mass is 10.1. The number of benzene rings is 1. The summed E-state index contributed by atoms with van der Waals surface area (Å²) in [5.41, 5.74) is 2.51. The highest BCUT2D eigenvalue weighted by Gasteiger charge is 2.08. The van der Waals surface area contributed by atoms with Gasteiger partial charge >= 0.3 is 5.97 Å². The molecule has 1 heterocycles. The summed E-state index contributed by atoms with van der Waals surface area (Å²) in [6.45, 7) is 0.954. The van der Waals surface area contributed by atoms with Crippen LogP contribution in [0.3, 0.4) is 0 Å². The molecule has 1 aromatic carbocycles. The normalized spacial score (nSPS) is 10.3. The van der Waals surface area contributed by atoms with Crippen molar-refractivity contribution in [3.8, 4) is 0 Å². The largest absolute Gasteiger partial charge is 0.465 e. The van der Waals surface area contributed by atoms with Crippen LogP contribution in [0.4, 0.5) is 0 Å². The third-order valence-electron chi connectivity index (χ3n) is 2.72. The molecule has 0 aliphatic rings. The quantitative estimate of drug-likeness (QED) is 0.786. The highest BCUT2D eigenvalue weighted by atomic mass is 79.9. The van der Waals surface area contributed by atoms with Gasteiger partial charge in [-0.25, -0.2) is 4.79 Å². The monoisotopic (exact) mass is 335 g/mol. The molecule has 0 amide bonds. The van der Waals surface area contributed by atoms with Crippen molar-refractivity contribution in [2.45, 2.75) is 13.2 Å². The molecule has 4 nitrogen and oxygen atoms in total. The van der Waals surface area contributed by atoms with Gasteiger partial charge in [-0.05, 0) is 29.3 Å². The average molecular weight is 336 g/mol. The molecule has 2 rings (SSSR count). The number of nitrogens with zero attached hydrogens (tertiary/aromatic N) is 1. The average Bonchev–Trinajstić information content (AvgIpc) is 2.49. The summed E-state index contributed by atoms with van der Waals surface area (Å²) >= 11 is 3.43. The van der Waals surface area contributed by atoms with E-state index in [4.69, 9.17) is 4.74 Å². The zero-order valence-corrected chi connectivity index (χ0v) is 12.6. The van der Waals surface area contributed by atoms with E-state index in [9.17, 15) is 4.79 Å². The molecule has 0 saturated carbocycles. The van der Waals surface area contributed by atoms with Crippen LogP contribution in [0.15, 0.2) is 47.2 Å². The minimum Gasteiger partial charge on any atom is -0.465 e. The fraction of sp³-hybridized carbons (Fsp3) is 0.200. The maximum absolute atomic E-state index is 11.4. The van der Waals surface area contributed by atoms with Crippen LogP contribution in [0.5, 0.6) is 0 Å². The maximum Gasteiger partial charge on any atom is 0.337 e. The van der Waals surface area contributed by atoms with Crippen LogP contribution >= 0.6 is 15.9 Å². The third kappa shape index (κ3) is 3.88. The van der Waals surface area contributed by atoms with Gasteiger partial charge in [0.1, 0.15) is 0 Å². The number of carbonyl (C=O) groups excluding carboxylic acids is 1. The third-order valence-corrected chi connectivity index (χ3v) is 3.46. The van der Waals surface area contributed by atoms with Gasteiger partial charge in [0.15, 0.2) is 0 Å². The van der Waals surface area contributed by atoms with Gasteiger partial charge in [0.05, 0.1) is 25.9 Å². The number of aromatic nitrogens is 1. The van der Waals surface area contributed by atoms with Crippen LogP contribution in [-0.2, 0) is 22.7 Å². The molecule has 0 saturated heterocycles. The topological polar surface area (TPSA) is 48.4 Å². The van der Waals surface area contributed by atoms with Crippen LogP contribution in [0.1, 0.15) is 21.5 Å². The lowest BCUT2D eigenvalue weighted by molar-refractivity contribution is 0.0600. The smallest absolute Gasteiger partial charge is 0.337 e. The predicted molar refractivity (Wildman–Crippen MR) is 78.2 cm³/mol. The summed E-state index contributed by atoms with van der Waals surface area (Å²) < 4.78 is 11.1. The minimum atomic E-state index is -0.353. The highest BCUT2D eigenvalue weighted by molar-refractivity contribution is 9.10. The van der Waals surface area contributed by atoms with E-state index in [1.165, 1.54) is 7.11 Å². The Kier molecular flexibility index (Phi) is 5.26. The summed E-state index contributed by atoms with van der Waals surface area (Å²) in [5.74, 6) is -0.353. The number of hydrogen-bond donors (Lipinski definition) is 0. The van der Waals surface area contributed by atoms with Gasteiger partial charge in [-0.2, -0.15) is 0 Å². The Morgan fingerprint density at radius 3 is 2.80 bits per heavy atom. The Hall–Kier alpha value is -1.72. The number of hydrogen-bond acceptors (Lipinski definition) is 4. The second-order valence-electron chi connectivity index (χ2n) is 4.15. The molecule has 0 N–H and O–H groups in total. The Morgan fingerprint density at radius 1 is 1.30 bits per heavy atom. The summed E-state index contributed by atoms with van der Waals surface area (Å²) in [6.07, 6.45) is 3.50. The van der Waals surface area contributed by atoms with E-state index >= 15 is 0 Å². The molecule has 0 bridgehead atoms. The van der Waals surface area contributed by atoms with Gasteiger partial charge in [0.2, 0.25) is 0 Å². The second-order valence-corrected chi connectivity index (χ2v) is 5.01. The zero-order valence-electron chi connectivity index (χ0n) is 11.0. The molecule has 0 fully saturated rings. The van der Waals surface area contributed by atoms with Crippen molar-refractivity contribution in [3.05, 3.63) is 63.9 Å². The molecule has 1 aromatic heterocycles. The number of pyridine rings is 1. The Labute approximate surface area is 125 Å². The van der Waals surface area contributed by atoms with E-state index in [1.54, 1.807) is 24.5 Å². The Bertz CT molecular complexity index is 587. The summed E-state index contributed by atoms with van der Waals surface area (Å²) in [4.78, 5) is 15.4. The standard InChI is InChI=1S/C15H14BrNO3/c1-19-15(18)12-4-5-13(14(16)7-12)10-20-9-11-3-2-6-17-8-11/h2-8H,9-10H2,1H3. The van der Waals surface area contributed by atoms with Crippen LogP contribution in [0, 0.1) is 0 Å². The highest BCUT2D eigenvalue weighted by Crippen LogP contribution is 2.20. The van der Waals surface area contributed by atoms with Gasteiger partial charge < -0.3 is 9.47 Å². The lowest BCUT2D eigenvalue weighted by Gasteiger charge is -2.08. The number of ether oxygens (including phenoxy) is 2. The molecular weight excluding hydrogens is 322 g/mol. The minimum absolute atomic E-state index is 0.353. The predicted octanol–water partition coefficient (Wildman–Crippen LogP) is 3.35. The first-order chi connectivity index (χ1) is 9.70. The first kappa shape index (κ1) is 14.7. The van der Waals surface area contributed by atoms with Crippen LogP contribution in [-0.4, -0.2) is 18.1 Å². The van der Waals surface area contributed by atoms with E-state index < -0.39 is 0 Å². The first-order valence-electron chi connectivity index (χ1n) is 6.04. The first-order valence-corrected chi connectivity index (χ1v) is 6.83. The van der Waals surface area contributed by atoms with Gasteiger partial charge in [-0.1, -0.05) is 28.1 Å². The fourth-order valence-electron chi connectivity index (χ4n) is 1.67. The molecule has 0 unspecified atom stereocenters. The van der Waals surface area contributed by atoms with Crippen molar-refractivity contribution in [1.82, 2.24) is 4.98 Å². The van der Waals surface area contributed by atoms with Gasteiger partial charge in [0.25, 0.3) is 0 Å². The van der Waals surface area contributed by atoms with E-state index in [2.05, 4.69) is 25.7 Å². The van der Waals surface area contributed by atoms with E-state index in [1.807, 2.05) is 18.2 Å². The molecule has 20 heavy (non-hydrogen) atoms. The number of halogens is 1. The number of carbonyl (C=O) groups is 1. The van der Waals surface area contributed by atoms with E-state index in [0.29, 0.717) is 18.8 Å². The second kappa shape index (κ2) is 7.17. The number of esters is 1. The van der Waals surface area contributed by atoms with Crippen LogP contribution < -0.4 is 0 Å². The SMILES string of the molecule is COC(=O)c1ccc(COCc2cccnc2)c(Br)c1. The van der Waals surface area contributed by atoms with Crippen molar-refractivity contribution in [3.63, 3.8) is 0 Å². The van der Waals surface area contributed by atoms with Gasteiger partial charge in [-0.3, -0.25) is 4.98 Å². The van der Waals surface area contributed by atoms with Gasteiger partial charge in [-0.15, -0.1) is 0 Å². The van der Waals surface area contributed by atoms with Crippen molar-refractivity contribution < 1.29 is 14.3 Å². The number of methoxy groups -OCH3 is 1. The van der Waals surface area contributed by atoms with Crippen molar-refractivity contribution in [2.75, 3.05) is 7.11 Å². The molecule has 0 aliphatic heterocycles. The Balaban J connectivity index is 1.95. The molecule has 104 valence electrons. The molecular formula is C15H14BrNO3. The van der Waals surface area contributed by atoms with Crippen LogP contribution in [0.2, 0.25) is 0 Å². The molecule has 0 radical (unpaired) electrons. The zero-order chi connectivity index (χ0) is 14.4. The Morgan fingerprint density at radius 2 is 2.15 bits per heavy atom. The molecule has 0 atom stereocenters. The lowest BCUT2D eigenvalue weighted by Crippen LogP contribution is -2.02. The van der Waals surface area contributed by atoms with Gasteiger partial charge in [0, 0.05) is 16.9 Å². The summed E-state index contributed by atoms with van der Waals surface area (Å²) in [7, 11) is 1.36. The van der Waals surface area contributed by atoms with E-state index in [-0.39, 0.29) is 5.97 Å². The molecule has 0 aliphatic carbocycles. The fourth-order valence-corrected chi connectivity index (χ4v) is 2.16. The van der Waals surface area contributed by atoms with Crippen molar-refractivity contribution in [2.24, 2.45) is 0 Å². The molecule has 5 heteroatoms. The molecule has 2 aromatic rings. The van der Waals surface area contributed by atoms with Crippen molar-refractivity contribution in [1.29, 1.82) is 0 Å². The summed E-state index contributed by atoms with van der Waals surface area (Å²) in [5, 5.41) is 0. The maximum atomic E-state index is 11.4. The summed E-state index contributed by atoms with van der Waals surface area (Å²) in [6, 6.07) is 9.13. The van der Waals surface area contributed by atoms with Crippen molar-refractivity contribution >= 4 is 21.9 Å². The number of rotatable bonds is 5. The molecule has 0 spiro atoms. The van der Waals surface area contributed by atoms with Crippen LogP contribution in [0.25, 0.3) is 0 Å².